The van der Waals surface area contributed by atoms with Crippen molar-refractivity contribution in [2.75, 3.05) is 19.6 Å². The minimum Gasteiger partial charge on any atom is -0.462 e. The van der Waals surface area contributed by atoms with Gasteiger partial charge in [0.2, 0.25) is 0 Å². The Morgan fingerprint density at radius 1 is 1.26 bits per heavy atom. The Kier molecular flexibility index (Phi) is 4.03. The van der Waals surface area contributed by atoms with Crippen LogP contribution in [0.3, 0.4) is 0 Å². The molecular formula is C20H31NO2. The van der Waals surface area contributed by atoms with Gasteiger partial charge in [-0.1, -0.05) is 25.5 Å². The first-order valence-corrected chi connectivity index (χ1v) is 9.67. The van der Waals surface area contributed by atoms with E-state index >= 15 is 0 Å². The van der Waals surface area contributed by atoms with Crippen LogP contribution in [0.1, 0.15) is 58.3 Å². The number of allylic oxidation sites excluding steroid dienone is 1. The van der Waals surface area contributed by atoms with Crippen molar-refractivity contribution in [3.8, 4) is 0 Å². The second-order valence-corrected chi connectivity index (χ2v) is 8.77. The highest BCUT2D eigenvalue weighted by molar-refractivity contribution is 5.75. The van der Waals surface area contributed by atoms with Crippen molar-refractivity contribution in [2.24, 2.45) is 23.2 Å². The highest BCUT2D eigenvalue weighted by atomic mass is 16.6. The Morgan fingerprint density at radius 3 is 2.83 bits per heavy atom. The number of piperidine rings is 1. The minimum atomic E-state index is 0.0819. The van der Waals surface area contributed by atoms with Crippen LogP contribution in [-0.4, -0.2) is 36.6 Å². The first-order valence-electron chi connectivity index (χ1n) is 9.67. The van der Waals surface area contributed by atoms with Gasteiger partial charge in [0.25, 0.3) is 0 Å². The summed E-state index contributed by atoms with van der Waals surface area (Å²) in [5.74, 6) is 1.23. The van der Waals surface area contributed by atoms with E-state index in [0.29, 0.717) is 17.3 Å². The average molecular weight is 317 g/mol. The molecule has 4 fully saturated rings. The average Bonchev–Trinajstić information content (AvgIpc) is 2.81. The predicted octanol–water partition coefficient (Wildman–Crippen LogP) is 3.79. The fourth-order valence-corrected chi connectivity index (χ4v) is 5.88. The van der Waals surface area contributed by atoms with Gasteiger partial charge in [-0.15, -0.1) is 0 Å². The lowest BCUT2D eigenvalue weighted by Gasteiger charge is -2.50. The normalized spacial score (nSPS) is 44.6. The third-order valence-corrected chi connectivity index (χ3v) is 7.22. The fraction of sp³-hybridized carbons (Fsp3) is 0.850. The first-order chi connectivity index (χ1) is 11.1. The second kappa shape index (κ2) is 5.91. The molecular weight excluding hydrogens is 286 g/mol. The smallest absolute Gasteiger partial charge is 0.310 e. The summed E-state index contributed by atoms with van der Waals surface area (Å²) in [7, 11) is 0. The quantitative estimate of drug-likeness (QED) is 0.573. The number of carbonyl (C=O) groups is 1. The number of hydrogen-bond donors (Lipinski definition) is 0. The first kappa shape index (κ1) is 15.7. The molecule has 0 bridgehead atoms. The predicted molar refractivity (Wildman–Crippen MR) is 91.0 cm³/mol. The van der Waals surface area contributed by atoms with E-state index in [4.69, 9.17) is 4.74 Å². The topological polar surface area (TPSA) is 29.5 Å². The summed E-state index contributed by atoms with van der Waals surface area (Å²) in [4.78, 5) is 15.0. The summed E-state index contributed by atoms with van der Waals surface area (Å²) in [6, 6.07) is 0. The Morgan fingerprint density at radius 2 is 2.04 bits per heavy atom. The molecule has 2 aliphatic carbocycles. The fourth-order valence-electron chi connectivity index (χ4n) is 5.88. The van der Waals surface area contributed by atoms with Crippen LogP contribution in [-0.2, 0) is 9.53 Å². The molecule has 3 nitrogen and oxygen atoms in total. The van der Waals surface area contributed by atoms with Gasteiger partial charge in [0, 0.05) is 12.5 Å². The molecule has 2 aliphatic heterocycles. The minimum absolute atomic E-state index is 0.0819. The zero-order chi connectivity index (χ0) is 16.0. The van der Waals surface area contributed by atoms with E-state index in [2.05, 4.69) is 18.4 Å². The van der Waals surface area contributed by atoms with E-state index in [0.717, 1.165) is 32.5 Å². The molecule has 0 aromatic heterocycles. The molecule has 0 N–H and O–H groups in total. The maximum Gasteiger partial charge on any atom is 0.310 e. The molecule has 0 amide bonds. The summed E-state index contributed by atoms with van der Waals surface area (Å²) in [5, 5.41) is 0. The van der Waals surface area contributed by atoms with Crippen molar-refractivity contribution in [3.63, 3.8) is 0 Å². The van der Waals surface area contributed by atoms with Crippen LogP contribution in [0, 0.1) is 23.2 Å². The zero-order valence-corrected chi connectivity index (χ0v) is 14.6. The molecule has 0 spiro atoms. The molecule has 3 heteroatoms. The number of likely N-dealkylation sites (tertiary alicyclic amines) is 1. The van der Waals surface area contributed by atoms with Gasteiger partial charge in [0.05, 0.1) is 5.92 Å². The van der Waals surface area contributed by atoms with Gasteiger partial charge in [-0.25, -0.2) is 0 Å². The lowest BCUT2D eigenvalue weighted by atomic mass is 9.55. The van der Waals surface area contributed by atoms with Gasteiger partial charge in [-0.3, -0.25) is 4.79 Å². The van der Waals surface area contributed by atoms with Crippen LogP contribution in [0.2, 0.25) is 0 Å². The Labute approximate surface area is 140 Å². The summed E-state index contributed by atoms with van der Waals surface area (Å²) in [5.41, 5.74) is 1.75. The van der Waals surface area contributed by atoms with Gasteiger partial charge < -0.3 is 9.64 Å². The standard InChI is InChI=1S/C20H31NO2/c1-14-7-6-8-20(2)12-18-15(11-17(14)20)16(19(22)23-18)13-21-9-4-3-5-10-21/h15-18H,1,3-13H2,2H3/t15-,16-,17-,18+,20+/m1/s1. The summed E-state index contributed by atoms with van der Waals surface area (Å²) in [6.07, 6.45) is 9.99. The zero-order valence-electron chi connectivity index (χ0n) is 14.6. The van der Waals surface area contributed by atoms with Crippen molar-refractivity contribution in [1.29, 1.82) is 0 Å². The maximum absolute atomic E-state index is 12.5. The van der Waals surface area contributed by atoms with Crippen LogP contribution < -0.4 is 0 Å². The monoisotopic (exact) mass is 317 g/mol. The third-order valence-electron chi connectivity index (χ3n) is 7.22. The van der Waals surface area contributed by atoms with Crippen LogP contribution in [0.15, 0.2) is 12.2 Å². The van der Waals surface area contributed by atoms with Crippen molar-refractivity contribution < 1.29 is 9.53 Å². The van der Waals surface area contributed by atoms with Crippen molar-refractivity contribution in [2.45, 2.75) is 64.4 Å². The van der Waals surface area contributed by atoms with Crippen LogP contribution in [0.5, 0.6) is 0 Å². The van der Waals surface area contributed by atoms with Gasteiger partial charge in [0.1, 0.15) is 6.10 Å². The lowest BCUT2D eigenvalue weighted by molar-refractivity contribution is -0.146. The summed E-state index contributed by atoms with van der Waals surface area (Å²) < 4.78 is 5.87. The molecule has 4 aliphatic rings. The Balaban J connectivity index is 1.50. The highest BCUT2D eigenvalue weighted by Gasteiger charge is 2.55. The van der Waals surface area contributed by atoms with Crippen LogP contribution >= 0.6 is 0 Å². The Hall–Kier alpha value is -0.830. The second-order valence-electron chi connectivity index (χ2n) is 8.77. The number of carbonyl (C=O) groups excluding carboxylic acids is 1. The number of nitrogens with zero attached hydrogens (tertiary/aromatic N) is 1. The van der Waals surface area contributed by atoms with Gasteiger partial charge in [0.15, 0.2) is 0 Å². The maximum atomic E-state index is 12.5. The SMILES string of the molecule is C=C1CCC[C@@]2(C)C[C@@H]3OC(=O)[C@H](CN4CCCCC4)[C@H]3C[C@H]12. The number of rotatable bonds is 2. The van der Waals surface area contributed by atoms with Crippen LogP contribution in [0.4, 0.5) is 0 Å². The molecule has 2 saturated heterocycles. The summed E-state index contributed by atoms with van der Waals surface area (Å²) in [6.45, 7) is 10.0. The molecule has 5 atom stereocenters. The molecule has 4 rings (SSSR count). The van der Waals surface area contributed by atoms with Crippen LogP contribution in [0.25, 0.3) is 0 Å². The lowest BCUT2D eigenvalue weighted by Crippen LogP contribution is -2.46. The summed E-state index contributed by atoms with van der Waals surface area (Å²) >= 11 is 0. The molecule has 2 saturated carbocycles. The van der Waals surface area contributed by atoms with Crippen molar-refractivity contribution in [3.05, 3.63) is 12.2 Å². The van der Waals surface area contributed by atoms with E-state index in [-0.39, 0.29) is 18.0 Å². The van der Waals surface area contributed by atoms with E-state index in [9.17, 15) is 4.79 Å². The number of esters is 1. The number of fused-ring (bicyclic) bond motifs is 2. The van der Waals surface area contributed by atoms with Gasteiger partial charge in [-0.05, 0) is 69.4 Å². The molecule has 0 unspecified atom stereocenters. The van der Waals surface area contributed by atoms with Crippen molar-refractivity contribution >= 4 is 5.97 Å². The van der Waals surface area contributed by atoms with Crippen molar-refractivity contribution in [1.82, 2.24) is 4.90 Å². The molecule has 128 valence electrons. The van der Waals surface area contributed by atoms with E-state index < -0.39 is 0 Å². The largest absolute Gasteiger partial charge is 0.462 e. The van der Waals surface area contributed by atoms with Gasteiger partial charge >= 0.3 is 5.97 Å². The van der Waals surface area contributed by atoms with E-state index in [1.807, 2.05) is 0 Å². The van der Waals surface area contributed by atoms with E-state index in [1.54, 1.807) is 0 Å². The molecule has 0 radical (unpaired) electrons. The van der Waals surface area contributed by atoms with E-state index in [1.165, 1.54) is 44.1 Å². The Bertz CT molecular complexity index is 496. The molecule has 23 heavy (non-hydrogen) atoms. The molecule has 0 aromatic carbocycles. The van der Waals surface area contributed by atoms with Gasteiger partial charge in [-0.2, -0.15) is 0 Å². The number of ether oxygens (including phenoxy) is 1. The highest BCUT2D eigenvalue weighted by Crippen LogP contribution is 2.56. The third kappa shape index (κ3) is 2.75. The molecule has 0 aromatic rings. The molecule has 2 heterocycles. The number of hydrogen-bond acceptors (Lipinski definition) is 3.